The van der Waals surface area contributed by atoms with Gasteiger partial charge in [0, 0.05) is 25.6 Å². The first-order valence-corrected chi connectivity index (χ1v) is 8.37. The average molecular weight is 329 g/mol. The van der Waals surface area contributed by atoms with E-state index in [1.807, 2.05) is 31.2 Å². The predicted octanol–water partition coefficient (Wildman–Crippen LogP) is 2.39. The number of rotatable bonds is 5. The second-order valence-corrected chi connectivity index (χ2v) is 5.93. The molecule has 0 bridgehead atoms. The van der Waals surface area contributed by atoms with Gasteiger partial charge in [0.15, 0.2) is 5.76 Å². The van der Waals surface area contributed by atoms with Crippen molar-refractivity contribution in [3.05, 3.63) is 53.4 Å². The SMILES string of the molecule is CCc1cc(CNC(=O)N2CCO[C@H](Cc3ccccc3)C2)on1. The van der Waals surface area contributed by atoms with Gasteiger partial charge >= 0.3 is 6.03 Å². The number of ether oxygens (including phenoxy) is 1. The third-order valence-corrected chi connectivity index (χ3v) is 4.12. The van der Waals surface area contributed by atoms with Crippen molar-refractivity contribution in [2.45, 2.75) is 32.4 Å². The molecule has 1 aromatic carbocycles. The summed E-state index contributed by atoms with van der Waals surface area (Å²) in [5.74, 6) is 0.675. The summed E-state index contributed by atoms with van der Waals surface area (Å²) in [6.07, 6.45) is 1.66. The van der Waals surface area contributed by atoms with E-state index in [1.54, 1.807) is 4.90 Å². The fraction of sp³-hybridized carbons (Fsp3) is 0.444. The zero-order valence-electron chi connectivity index (χ0n) is 13.9. The smallest absolute Gasteiger partial charge is 0.317 e. The van der Waals surface area contributed by atoms with Crippen LogP contribution < -0.4 is 5.32 Å². The van der Waals surface area contributed by atoms with Crippen LogP contribution in [0.4, 0.5) is 4.79 Å². The van der Waals surface area contributed by atoms with Crippen LogP contribution in [-0.2, 0) is 24.1 Å². The minimum absolute atomic E-state index is 0.0314. The van der Waals surface area contributed by atoms with Crippen molar-refractivity contribution >= 4 is 6.03 Å². The highest BCUT2D eigenvalue weighted by Crippen LogP contribution is 2.12. The second kappa shape index (κ2) is 7.97. The van der Waals surface area contributed by atoms with Crippen LogP contribution in [0.2, 0.25) is 0 Å². The Bertz CT molecular complexity index is 657. The Labute approximate surface area is 141 Å². The zero-order valence-corrected chi connectivity index (χ0v) is 13.9. The second-order valence-electron chi connectivity index (χ2n) is 5.93. The van der Waals surface area contributed by atoms with Gasteiger partial charge < -0.3 is 19.5 Å². The van der Waals surface area contributed by atoms with Crippen LogP contribution in [0, 0.1) is 0 Å². The fourth-order valence-electron chi connectivity index (χ4n) is 2.78. The van der Waals surface area contributed by atoms with Crippen LogP contribution in [0.25, 0.3) is 0 Å². The summed E-state index contributed by atoms with van der Waals surface area (Å²) in [4.78, 5) is 14.1. The van der Waals surface area contributed by atoms with Crippen molar-refractivity contribution < 1.29 is 14.1 Å². The average Bonchev–Trinajstić information content (AvgIpc) is 3.09. The van der Waals surface area contributed by atoms with Gasteiger partial charge in [-0.15, -0.1) is 0 Å². The lowest BCUT2D eigenvalue weighted by Gasteiger charge is -2.33. The van der Waals surface area contributed by atoms with Gasteiger partial charge in [-0.05, 0) is 12.0 Å². The van der Waals surface area contributed by atoms with Gasteiger partial charge in [-0.25, -0.2) is 4.79 Å². The molecule has 1 aliphatic heterocycles. The molecular weight excluding hydrogens is 306 g/mol. The quantitative estimate of drug-likeness (QED) is 0.914. The molecule has 0 radical (unpaired) electrons. The molecule has 1 aromatic heterocycles. The molecule has 2 aromatic rings. The summed E-state index contributed by atoms with van der Waals surface area (Å²) in [5, 5.41) is 6.81. The third kappa shape index (κ3) is 4.35. The lowest BCUT2D eigenvalue weighted by Crippen LogP contribution is -2.50. The molecule has 1 N–H and O–H groups in total. The van der Waals surface area contributed by atoms with Gasteiger partial charge in [0.1, 0.15) is 0 Å². The molecule has 24 heavy (non-hydrogen) atoms. The highest BCUT2D eigenvalue weighted by Gasteiger charge is 2.24. The Morgan fingerprint density at radius 3 is 2.96 bits per heavy atom. The maximum atomic E-state index is 12.3. The normalized spacial score (nSPS) is 17.7. The summed E-state index contributed by atoms with van der Waals surface area (Å²) in [6, 6.07) is 12.0. The van der Waals surface area contributed by atoms with Crippen LogP contribution in [0.1, 0.15) is 23.9 Å². The van der Waals surface area contributed by atoms with E-state index in [-0.39, 0.29) is 12.1 Å². The van der Waals surface area contributed by atoms with E-state index in [1.165, 1.54) is 5.56 Å². The largest absolute Gasteiger partial charge is 0.374 e. The van der Waals surface area contributed by atoms with E-state index < -0.39 is 0 Å². The van der Waals surface area contributed by atoms with Gasteiger partial charge in [-0.1, -0.05) is 42.4 Å². The number of urea groups is 1. The van der Waals surface area contributed by atoms with Crippen LogP contribution in [0.15, 0.2) is 40.9 Å². The monoisotopic (exact) mass is 329 g/mol. The van der Waals surface area contributed by atoms with E-state index in [2.05, 4.69) is 22.6 Å². The number of nitrogens with zero attached hydrogens (tertiary/aromatic N) is 2. The number of nitrogens with one attached hydrogen (secondary N) is 1. The summed E-state index contributed by atoms with van der Waals surface area (Å²) in [7, 11) is 0. The highest BCUT2D eigenvalue weighted by molar-refractivity contribution is 5.74. The molecule has 6 nitrogen and oxygen atoms in total. The zero-order chi connectivity index (χ0) is 16.8. The van der Waals surface area contributed by atoms with E-state index in [9.17, 15) is 4.79 Å². The molecule has 1 saturated heterocycles. The molecule has 2 heterocycles. The number of hydrogen-bond donors (Lipinski definition) is 1. The first kappa shape index (κ1) is 16.5. The molecule has 0 saturated carbocycles. The molecule has 1 aliphatic rings. The van der Waals surface area contributed by atoms with Gasteiger partial charge in [0.05, 0.1) is 24.9 Å². The first-order chi connectivity index (χ1) is 11.7. The standard InChI is InChI=1S/C18H23N3O3/c1-2-15-11-16(24-20-15)12-19-18(22)21-8-9-23-17(13-21)10-14-6-4-3-5-7-14/h3-7,11,17H,2,8-10,12-13H2,1H3,(H,19,22)/t17-/m1/s1. The van der Waals surface area contributed by atoms with Crippen molar-refractivity contribution in [1.29, 1.82) is 0 Å². The Morgan fingerprint density at radius 2 is 2.21 bits per heavy atom. The van der Waals surface area contributed by atoms with E-state index in [0.717, 1.165) is 18.5 Å². The molecule has 3 rings (SSSR count). The van der Waals surface area contributed by atoms with E-state index in [4.69, 9.17) is 9.26 Å². The van der Waals surface area contributed by atoms with Crippen molar-refractivity contribution in [3.8, 4) is 0 Å². The molecule has 2 amide bonds. The van der Waals surface area contributed by atoms with Gasteiger partial charge in [-0.3, -0.25) is 0 Å². The molecule has 0 aliphatic carbocycles. The van der Waals surface area contributed by atoms with E-state index in [0.29, 0.717) is 32.0 Å². The summed E-state index contributed by atoms with van der Waals surface area (Å²) < 4.78 is 11.0. The lowest BCUT2D eigenvalue weighted by atomic mass is 10.1. The van der Waals surface area contributed by atoms with Crippen LogP contribution in [0.5, 0.6) is 0 Å². The van der Waals surface area contributed by atoms with Crippen LogP contribution in [0.3, 0.4) is 0 Å². The Morgan fingerprint density at radius 1 is 1.38 bits per heavy atom. The number of benzene rings is 1. The predicted molar refractivity (Wildman–Crippen MR) is 89.6 cm³/mol. The van der Waals surface area contributed by atoms with Crippen LogP contribution in [-0.4, -0.2) is 41.9 Å². The topological polar surface area (TPSA) is 67.6 Å². The molecule has 1 fully saturated rings. The molecule has 6 heteroatoms. The van der Waals surface area contributed by atoms with Crippen molar-refractivity contribution in [2.24, 2.45) is 0 Å². The maximum absolute atomic E-state index is 12.3. The Balaban J connectivity index is 1.49. The number of aromatic nitrogens is 1. The number of aryl methyl sites for hydroxylation is 1. The van der Waals surface area contributed by atoms with Gasteiger partial charge in [-0.2, -0.15) is 0 Å². The van der Waals surface area contributed by atoms with Gasteiger partial charge in [0.2, 0.25) is 0 Å². The number of morpholine rings is 1. The number of carbonyl (C=O) groups excluding carboxylic acids is 1. The van der Waals surface area contributed by atoms with Crippen LogP contribution >= 0.6 is 0 Å². The molecule has 0 unspecified atom stereocenters. The van der Waals surface area contributed by atoms with Crippen molar-refractivity contribution in [1.82, 2.24) is 15.4 Å². The van der Waals surface area contributed by atoms with E-state index >= 15 is 0 Å². The van der Waals surface area contributed by atoms with Crippen molar-refractivity contribution in [3.63, 3.8) is 0 Å². The van der Waals surface area contributed by atoms with Crippen molar-refractivity contribution in [2.75, 3.05) is 19.7 Å². The minimum atomic E-state index is -0.0918. The third-order valence-electron chi connectivity index (χ3n) is 4.12. The molecule has 1 atom stereocenters. The number of amides is 2. The minimum Gasteiger partial charge on any atom is -0.374 e. The molecular formula is C18H23N3O3. The summed E-state index contributed by atoms with van der Waals surface area (Å²) in [6.45, 7) is 4.13. The maximum Gasteiger partial charge on any atom is 0.317 e. The first-order valence-electron chi connectivity index (χ1n) is 8.37. The lowest BCUT2D eigenvalue weighted by molar-refractivity contribution is -0.0133. The van der Waals surface area contributed by atoms with Gasteiger partial charge in [0.25, 0.3) is 0 Å². The molecule has 128 valence electrons. The Hall–Kier alpha value is -2.34. The molecule has 0 spiro atoms. The highest BCUT2D eigenvalue weighted by atomic mass is 16.5. The number of hydrogen-bond acceptors (Lipinski definition) is 4. The fourth-order valence-corrected chi connectivity index (χ4v) is 2.78. The number of carbonyl (C=O) groups is 1. The Kier molecular flexibility index (Phi) is 5.48. The summed E-state index contributed by atoms with van der Waals surface area (Å²) in [5.41, 5.74) is 2.12. The summed E-state index contributed by atoms with van der Waals surface area (Å²) >= 11 is 0.